The van der Waals surface area contributed by atoms with Gasteiger partial charge in [-0.1, -0.05) is 0 Å². The molecule has 14 heavy (non-hydrogen) atoms. The molecule has 1 heterocycles. The fourth-order valence-corrected chi connectivity index (χ4v) is 1.16. The molecule has 78 valence electrons. The summed E-state index contributed by atoms with van der Waals surface area (Å²) in [6, 6.07) is 2.24. The highest BCUT2D eigenvalue weighted by Gasteiger charge is 2.02. The first-order valence-electron chi connectivity index (χ1n) is 4.77. The third-order valence-electron chi connectivity index (χ3n) is 1.93. The van der Waals surface area contributed by atoms with Gasteiger partial charge in [0.25, 0.3) is 0 Å². The predicted octanol–water partition coefficient (Wildman–Crippen LogP) is 1.62. The highest BCUT2D eigenvalue weighted by atomic mass is 16.5. The van der Waals surface area contributed by atoms with Gasteiger partial charge in [0.05, 0.1) is 0 Å². The molecule has 1 atom stereocenters. The molecule has 0 saturated carbocycles. The first kappa shape index (κ1) is 10.9. The van der Waals surface area contributed by atoms with Crippen LogP contribution in [0.5, 0.6) is 0 Å². The second-order valence-corrected chi connectivity index (χ2v) is 3.32. The van der Waals surface area contributed by atoms with Crippen molar-refractivity contribution in [3.63, 3.8) is 0 Å². The van der Waals surface area contributed by atoms with Crippen molar-refractivity contribution >= 4 is 5.82 Å². The summed E-state index contributed by atoms with van der Waals surface area (Å²) >= 11 is 0. The summed E-state index contributed by atoms with van der Waals surface area (Å²) in [6.07, 6.45) is 2.73. The zero-order chi connectivity index (χ0) is 10.4. The maximum Gasteiger partial charge on any atom is 0.129 e. The van der Waals surface area contributed by atoms with Gasteiger partial charge in [-0.15, -0.1) is 0 Å². The van der Waals surface area contributed by atoms with Gasteiger partial charge in [-0.2, -0.15) is 0 Å². The first-order valence-corrected chi connectivity index (χ1v) is 4.77. The van der Waals surface area contributed by atoms with Crippen LogP contribution in [0.15, 0.2) is 12.3 Å². The minimum absolute atomic E-state index is 0.365. The van der Waals surface area contributed by atoms with Crippen molar-refractivity contribution in [2.45, 2.75) is 26.3 Å². The lowest BCUT2D eigenvalue weighted by Gasteiger charge is -2.13. The average Bonchev–Trinajstić information content (AvgIpc) is 2.15. The zero-order valence-corrected chi connectivity index (χ0v) is 8.95. The van der Waals surface area contributed by atoms with E-state index in [1.54, 1.807) is 13.3 Å². The fraction of sp³-hybridized carbons (Fsp3) is 0.600. The van der Waals surface area contributed by atoms with E-state index in [4.69, 9.17) is 4.74 Å². The first-order chi connectivity index (χ1) is 6.72. The van der Waals surface area contributed by atoms with E-state index >= 15 is 0 Å². The third-order valence-corrected chi connectivity index (χ3v) is 1.93. The lowest BCUT2D eigenvalue weighted by Crippen LogP contribution is -2.18. The van der Waals surface area contributed by atoms with Crippen LogP contribution >= 0.6 is 0 Å². The van der Waals surface area contributed by atoms with Crippen molar-refractivity contribution in [1.82, 2.24) is 9.97 Å². The third kappa shape index (κ3) is 3.70. The molecule has 0 amide bonds. The Morgan fingerprint density at radius 2 is 2.36 bits per heavy atom. The van der Waals surface area contributed by atoms with E-state index in [1.807, 2.05) is 13.0 Å². The Morgan fingerprint density at radius 3 is 3.00 bits per heavy atom. The molecule has 1 aromatic heterocycles. The molecule has 1 rings (SSSR count). The van der Waals surface area contributed by atoms with Crippen molar-refractivity contribution in [3.05, 3.63) is 18.1 Å². The van der Waals surface area contributed by atoms with Crippen molar-refractivity contribution in [3.8, 4) is 0 Å². The molecule has 1 N–H and O–H groups in total. The Kier molecular flexibility index (Phi) is 4.32. The second-order valence-electron chi connectivity index (χ2n) is 3.32. The SMILES string of the molecule is COCCC(C)Nc1ccnc(C)n1. The number of hydrogen-bond donors (Lipinski definition) is 1. The number of nitrogens with one attached hydrogen (secondary N) is 1. The number of rotatable bonds is 5. The maximum absolute atomic E-state index is 5.00. The van der Waals surface area contributed by atoms with Gasteiger partial charge in [0.1, 0.15) is 11.6 Å². The van der Waals surface area contributed by atoms with Crippen LogP contribution in [0, 0.1) is 6.92 Å². The Morgan fingerprint density at radius 1 is 1.57 bits per heavy atom. The van der Waals surface area contributed by atoms with Gasteiger partial charge in [-0.25, -0.2) is 9.97 Å². The topological polar surface area (TPSA) is 47.0 Å². The van der Waals surface area contributed by atoms with Crippen molar-refractivity contribution in [2.75, 3.05) is 19.0 Å². The number of hydrogen-bond acceptors (Lipinski definition) is 4. The van der Waals surface area contributed by atoms with E-state index in [0.717, 1.165) is 24.7 Å². The highest BCUT2D eigenvalue weighted by molar-refractivity contribution is 5.33. The van der Waals surface area contributed by atoms with Crippen LogP contribution in [0.2, 0.25) is 0 Å². The van der Waals surface area contributed by atoms with Crippen LogP contribution < -0.4 is 5.32 Å². The standard InChI is InChI=1S/C10H17N3O/c1-8(5-7-14-3)12-10-4-6-11-9(2)13-10/h4,6,8H,5,7H2,1-3H3,(H,11,12,13). The summed E-state index contributed by atoms with van der Waals surface area (Å²) < 4.78 is 5.00. The summed E-state index contributed by atoms with van der Waals surface area (Å²) in [5, 5.41) is 3.29. The van der Waals surface area contributed by atoms with E-state index in [2.05, 4.69) is 22.2 Å². The molecule has 4 heteroatoms. The van der Waals surface area contributed by atoms with Crippen molar-refractivity contribution in [2.24, 2.45) is 0 Å². The molecule has 1 aromatic rings. The number of aromatic nitrogens is 2. The van der Waals surface area contributed by atoms with Crippen LogP contribution in [0.1, 0.15) is 19.2 Å². The van der Waals surface area contributed by atoms with Gasteiger partial charge in [0, 0.05) is 26.0 Å². The molecule has 0 spiro atoms. The Hall–Kier alpha value is -1.16. The largest absolute Gasteiger partial charge is 0.385 e. The van der Waals surface area contributed by atoms with Crippen molar-refractivity contribution in [1.29, 1.82) is 0 Å². The molecule has 0 aliphatic rings. The van der Waals surface area contributed by atoms with E-state index in [-0.39, 0.29) is 0 Å². The Balaban J connectivity index is 2.43. The minimum Gasteiger partial charge on any atom is -0.385 e. The van der Waals surface area contributed by atoms with Crippen LogP contribution in [-0.4, -0.2) is 29.7 Å². The van der Waals surface area contributed by atoms with Gasteiger partial charge >= 0.3 is 0 Å². The zero-order valence-electron chi connectivity index (χ0n) is 8.95. The molecule has 0 bridgehead atoms. The van der Waals surface area contributed by atoms with Crippen molar-refractivity contribution < 1.29 is 4.74 Å². The number of methoxy groups -OCH3 is 1. The average molecular weight is 195 g/mol. The van der Waals surface area contributed by atoms with E-state index in [0.29, 0.717) is 6.04 Å². The normalized spacial score (nSPS) is 12.5. The van der Waals surface area contributed by atoms with E-state index < -0.39 is 0 Å². The molecule has 0 aliphatic carbocycles. The minimum atomic E-state index is 0.365. The van der Waals surface area contributed by atoms with E-state index in [1.165, 1.54) is 0 Å². The lowest BCUT2D eigenvalue weighted by molar-refractivity contribution is 0.191. The van der Waals surface area contributed by atoms with Crippen LogP contribution in [-0.2, 0) is 4.74 Å². The summed E-state index contributed by atoms with van der Waals surface area (Å²) in [7, 11) is 1.71. The molecule has 0 radical (unpaired) electrons. The summed E-state index contributed by atoms with van der Waals surface area (Å²) in [5.74, 6) is 1.66. The lowest BCUT2D eigenvalue weighted by atomic mass is 10.2. The van der Waals surface area contributed by atoms with Gasteiger partial charge < -0.3 is 10.1 Å². The monoisotopic (exact) mass is 195 g/mol. The smallest absolute Gasteiger partial charge is 0.129 e. The van der Waals surface area contributed by atoms with Gasteiger partial charge in [-0.3, -0.25) is 0 Å². The number of nitrogens with zero attached hydrogens (tertiary/aromatic N) is 2. The molecule has 0 saturated heterocycles. The summed E-state index contributed by atoms with van der Waals surface area (Å²) in [6.45, 7) is 4.75. The van der Waals surface area contributed by atoms with Gasteiger partial charge in [0.15, 0.2) is 0 Å². The van der Waals surface area contributed by atoms with Crippen LogP contribution in [0.25, 0.3) is 0 Å². The number of anilines is 1. The fourth-order valence-electron chi connectivity index (χ4n) is 1.16. The van der Waals surface area contributed by atoms with Gasteiger partial charge in [-0.05, 0) is 26.3 Å². The molecule has 1 unspecified atom stereocenters. The Labute approximate surface area is 84.7 Å². The molecular weight excluding hydrogens is 178 g/mol. The Bertz CT molecular complexity index is 278. The summed E-state index contributed by atoms with van der Waals surface area (Å²) in [5.41, 5.74) is 0. The van der Waals surface area contributed by atoms with E-state index in [9.17, 15) is 0 Å². The molecule has 0 fully saturated rings. The predicted molar refractivity (Wildman–Crippen MR) is 56.3 cm³/mol. The molecule has 4 nitrogen and oxygen atoms in total. The quantitative estimate of drug-likeness (QED) is 0.775. The van der Waals surface area contributed by atoms with Crippen LogP contribution in [0.4, 0.5) is 5.82 Å². The molecular formula is C10H17N3O. The highest BCUT2D eigenvalue weighted by Crippen LogP contribution is 2.05. The molecule has 0 aliphatic heterocycles. The number of ether oxygens (including phenoxy) is 1. The summed E-state index contributed by atoms with van der Waals surface area (Å²) in [4.78, 5) is 8.29. The van der Waals surface area contributed by atoms with Crippen LogP contribution in [0.3, 0.4) is 0 Å². The molecule has 0 aromatic carbocycles. The van der Waals surface area contributed by atoms with Gasteiger partial charge in [0.2, 0.25) is 0 Å². The number of aryl methyl sites for hydroxylation is 1. The second kappa shape index (κ2) is 5.54. The maximum atomic E-state index is 5.00.